The number of nitrogen functional groups attached to an aromatic ring is 1. The third kappa shape index (κ3) is 3.80. The van der Waals surface area contributed by atoms with E-state index in [1.54, 1.807) is 13.0 Å². The van der Waals surface area contributed by atoms with Crippen LogP contribution in [0.3, 0.4) is 0 Å². The molecule has 0 spiro atoms. The number of rotatable bonds is 7. The highest BCUT2D eigenvalue weighted by atomic mass is 31.2. The molecule has 150 valence electrons. The minimum absolute atomic E-state index is 0.0888. The van der Waals surface area contributed by atoms with Crippen LogP contribution in [0.15, 0.2) is 53.2 Å². The molecule has 0 fully saturated rings. The summed E-state index contributed by atoms with van der Waals surface area (Å²) in [6, 6.07) is 13.0. The predicted octanol–water partition coefficient (Wildman–Crippen LogP) is 2.76. The molecule has 3 heterocycles. The lowest BCUT2D eigenvalue weighted by Crippen LogP contribution is -2.06. The van der Waals surface area contributed by atoms with E-state index >= 15 is 0 Å². The number of fused-ring (bicyclic) bond motifs is 1. The third-order valence-electron chi connectivity index (χ3n) is 4.42. The summed E-state index contributed by atoms with van der Waals surface area (Å²) >= 11 is 0. The number of hydrogen-bond donors (Lipinski definition) is 2. The molecule has 0 aliphatic rings. The number of hydrogen-bond acceptors (Lipinski definition) is 7. The summed E-state index contributed by atoms with van der Waals surface area (Å²) in [5.41, 5.74) is 8.00. The summed E-state index contributed by atoms with van der Waals surface area (Å²) in [5.74, 6) is 1.02. The van der Waals surface area contributed by atoms with Gasteiger partial charge in [-0.25, -0.2) is 15.0 Å². The zero-order valence-corrected chi connectivity index (χ0v) is 16.6. The molecule has 10 heteroatoms. The minimum atomic E-state index is -4.02. The average Bonchev–Trinajstić information content (AvgIpc) is 3.33. The molecule has 0 aliphatic heterocycles. The molecule has 0 bridgehead atoms. The van der Waals surface area contributed by atoms with Crippen LogP contribution < -0.4 is 11.2 Å². The van der Waals surface area contributed by atoms with E-state index in [1.165, 1.54) is 12.4 Å². The number of nitrogens with two attached hydrogens (primary N) is 1. The lowest BCUT2D eigenvalue weighted by atomic mass is 10.1. The Labute approximate surface area is 166 Å². The smallest absolute Gasteiger partial charge is 0.393 e. The second-order valence-electron chi connectivity index (χ2n) is 6.33. The fraction of sp³-hybridized carbons (Fsp3) is 0.211. The molecule has 1 atom stereocenters. The Morgan fingerprint density at radius 1 is 1.21 bits per heavy atom. The van der Waals surface area contributed by atoms with Crippen molar-refractivity contribution in [3.8, 4) is 11.6 Å². The van der Waals surface area contributed by atoms with Crippen LogP contribution in [0.2, 0.25) is 0 Å². The van der Waals surface area contributed by atoms with E-state index < -0.39 is 7.60 Å². The van der Waals surface area contributed by atoms with Crippen molar-refractivity contribution in [2.45, 2.75) is 19.9 Å². The summed E-state index contributed by atoms with van der Waals surface area (Å²) in [5, 5.41) is 0. The topological polar surface area (TPSA) is 129 Å². The molecular formula is C19H20N5O4P. The maximum absolute atomic E-state index is 12.3. The largest absolute Gasteiger partial charge is 0.445 e. The van der Waals surface area contributed by atoms with E-state index in [4.69, 9.17) is 14.7 Å². The van der Waals surface area contributed by atoms with Gasteiger partial charge in [-0.1, -0.05) is 30.3 Å². The van der Waals surface area contributed by atoms with Crippen LogP contribution in [-0.4, -0.2) is 31.0 Å². The van der Waals surface area contributed by atoms with E-state index in [0.717, 1.165) is 12.0 Å². The number of anilines is 1. The molecule has 1 aromatic carbocycles. The lowest BCUT2D eigenvalue weighted by Gasteiger charge is -2.08. The Bertz CT molecular complexity index is 1190. The second-order valence-corrected chi connectivity index (χ2v) is 8.07. The molecule has 0 radical (unpaired) electrons. The molecule has 0 saturated heterocycles. The van der Waals surface area contributed by atoms with Crippen LogP contribution in [-0.2, 0) is 22.1 Å². The second kappa shape index (κ2) is 7.79. The quantitative estimate of drug-likeness (QED) is 0.443. The van der Waals surface area contributed by atoms with Gasteiger partial charge in [-0.15, -0.1) is 0 Å². The molecule has 3 aromatic heterocycles. The van der Waals surface area contributed by atoms with Crippen LogP contribution in [0.5, 0.6) is 0 Å². The van der Waals surface area contributed by atoms with E-state index in [0.29, 0.717) is 29.3 Å². The monoisotopic (exact) mass is 413 g/mol. The minimum Gasteiger partial charge on any atom is -0.445 e. The third-order valence-corrected chi connectivity index (χ3v) is 5.83. The Morgan fingerprint density at radius 2 is 2.00 bits per heavy atom. The van der Waals surface area contributed by atoms with Crippen LogP contribution in [0, 0.1) is 0 Å². The number of aromatic nitrogens is 4. The van der Waals surface area contributed by atoms with Crippen LogP contribution in [0.1, 0.15) is 12.5 Å². The van der Waals surface area contributed by atoms with Gasteiger partial charge in [0, 0.05) is 6.54 Å². The molecule has 0 aliphatic carbocycles. The van der Waals surface area contributed by atoms with Gasteiger partial charge in [-0.3, -0.25) is 4.57 Å². The summed E-state index contributed by atoms with van der Waals surface area (Å²) in [4.78, 5) is 22.9. The zero-order chi connectivity index (χ0) is 20.4. The Morgan fingerprint density at radius 3 is 2.76 bits per heavy atom. The van der Waals surface area contributed by atoms with Crippen molar-refractivity contribution in [1.29, 1.82) is 0 Å². The summed E-state index contributed by atoms with van der Waals surface area (Å²) in [6.07, 6.45) is 2.11. The molecular weight excluding hydrogens is 393 g/mol. The molecule has 4 aromatic rings. The van der Waals surface area contributed by atoms with E-state index in [-0.39, 0.29) is 17.9 Å². The highest BCUT2D eigenvalue weighted by Gasteiger charge is 2.28. The maximum Gasteiger partial charge on any atom is 0.393 e. The normalized spacial score (nSPS) is 13.6. The van der Waals surface area contributed by atoms with Crippen LogP contribution in [0.4, 0.5) is 5.82 Å². The Hall–Kier alpha value is -3.00. The van der Waals surface area contributed by atoms with Gasteiger partial charge >= 0.3 is 7.60 Å². The summed E-state index contributed by atoms with van der Waals surface area (Å²) in [7, 11) is -4.02. The van der Waals surface area contributed by atoms with Crippen molar-refractivity contribution in [3.63, 3.8) is 0 Å². The standard InChI is InChI=1S/C19H20N5O4P/c1-2-27-29(25,26)15-9-8-14(28-15)18-23-16-17(20)21-12-22-19(16)24(18)11-10-13-6-4-3-5-7-13/h3-9,12H,2,10-11H2,1H3,(H,25,26)(H2,20,21,22). The van der Waals surface area contributed by atoms with Gasteiger partial charge in [-0.05, 0) is 31.0 Å². The number of nitrogens with zero attached hydrogens (tertiary/aromatic N) is 4. The first-order chi connectivity index (χ1) is 14.0. The summed E-state index contributed by atoms with van der Waals surface area (Å²) in [6.45, 7) is 2.28. The molecule has 3 N–H and O–H groups in total. The molecule has 29 heavy (non-hydrogen) atoms. The molecule has 0 amide bonds. The number of aryl methyl sites for hydroxylation is 2. The van der Waals surface area contributed by atoms with Gasteiger partial charge in [0.2, 0.25) is 5.50 Å². The zero-order valence-electron chi connectivity index (χ0n) is 15.7. The Kier molecular flexibility index (Phi) is 5.19. The molecule has 9 nitrogen and oxygen atoms in total. The van der Waals surface area contributed by atoms with Gasteiger partial charge < -0.3 is 24.1 Å². The van der Waals surface area contributed by atoms with Crippen molar-refractivity contribution in [1.82, 2.24) is 19.5 Å². The predicted molar refractivity (Wildman–Crippen MR) is 109 cm³/mol. The summed E-state index contributed by atoms with van der Waals surface area (Å²) < 4.78 is 24.7. The van der Waals surface area contributed by atoms with Gasteiger partial charge in [0.25, 0.3) is 0 Å². The van der Waals surface area contributed by atoms with Gasteiger partial charge in [0.1, 0.15) is 6.33 Å². The highest BCUT2D eigenvalue weighted by molar-refractivity contribution is 7.60. The average molecular weight is 413 g/mol. The van der Waals surface area contributed by atoms with Gasteiger partial charge in [0.05, 0.1) is 6.61 Å². The fourth-order valence-corrected chi connectivity index (χ4v) is 4.03. The first-order valence-electron chi connectivity index (χ1n) is 9.08. The Balaban J connectivity index is 1.77. The van der Waals surface area contributed by atoms with Crippen molar-refractivity contribution in [3.05, 3.63) is 54.4 Å². The van der Waals surface area contributed by atoms with E-state index in [2.05, 4.69) is 15.0 Å². The van der Waals surface area contributed by atoms with Crippen molar-refractivity contribution >= 4 is 30.1 Å². The molecule has 0 saturated carbocycles. The van der Waals surface area contributed by atoms with Crippen molar-refractivity contribution < 1.29 is 18.4 Å². The first kappa shape index (κ1) is 19.3. The number of furan rings is 1. The molecule has 4 rings (SSSR count). The highest BCUT2D eigenvalue weighted by Crippen LogP contribution is 2.42. The van der Waals surface area contributed by atoms with Crippen molar-refractivity contribution in [2.24, 2.45) is 0 Å². The van der Waals surface area contributed by atoms with Gasteiger partial charge in [0.15, 0.2) is 28.6 Å². The fourth-order valence-electron chi connectivity index (χ4n) is 3.08. The van der Waals surface area contributed by atoms with Crippen LogP contribution in [0.25, 0.3) is 22.7 Å². The van der Waals surface area contributed by atoms with E-state index in [1.807, 2.05) is 34.9 Å². The van der Waals surface area contributed by atoms with Crippen molar-refractivity contribution in [2.75, 3.05) is 12.3 Å². The number of imidazole rings is 1. The maximum atomic E-state index is 12.3. The van der Waals surface area contributed by atoms with Gasteiger partial charge in [-0.2, -0.15) is 0 Å². The first-order valence-corrected chi connectivity index (χ1v) is 10.7. The number of benzene rings is 1. The lowest BCUT2D eigenvalue weighted by molar-refractivity contribution is 0.279. The molecule has 1 unspecified atom stereocenters. The van der Waals surface area contributed by atoms with E-state index in [9.17, 15) is 9.46 Å². The van der Waals surface area contributed by atoms with Crippen LogP contribution >= 0.6 is 7.60 Å². The SMILES string of the molecule is CCOP(=O)(O)c1ccc(-c2nc3c(N)ncnc3n2CCc2ccccc2)o1.